The Bertz CT molecular complexity index is 832. The molecule has 5 nitrogen and oxygen atoms in total. The predicted octanol–water partition coefficient (Wildman–Crippen LogP) is 3.92. The van der Waals surface area contributed by atoms with E-state index in [1.807, 2.05) is 36.4 Å². The van der Waals surface area contributed by atoms with Gasteiger partial charge in [0, 0.05) is 11.8 Å². The smallest absolute Gasteiger partial charge is 0.174 e. The summed E-state index contributed by atoms with van der Waals surface area (Å²) in [7, 11) is 1.67. The van der Waals surface area contributed by atoms with Crippen LogP contribution in [0.15, 0.2) is 42.5 Å². The van der Waals surface area contributed by atoms with Gasteiger partial charge in [-0.1, -0.05) is 25.5 Å². The number of nitrogen functional groups attached to an aromatic ring is 1. The van der Waals surface area contributed by atoms with Crippen molar-refractivity contribution < 1.29 is 4.74 Å². The fourth-order valence-electron chi connectivity index (χ4n) is 2.53. The molecule has 0 amide bonds. The number of aryl methyl sites for hydroxylation is 1. The average molecular weight is 308 g/mol. The molecule has 1 heterocycles. The number of hydrogen-bond donors (Lipinski definition) is 2. The molecule has 0 aliphatic rings. The summed E-state index contributed by atoms with van der Waals surface area (Å²) in [5.41, 5.74) is 9.73. The van der Waals surface area contributed by atoms with E-state index in [4.69, 9.17) is 10.5 Å². The van der Waals surface area contributed by atoms with E-state index in [1.165, 1.54) is 5.56 Å². The van der Waals surface area contributed by atoms with Crippen molar-refractivity contribution in [2.24, 2.45) is 0 Å². The van der Waals surface area contributed by atoms with E-state index >= 15 is 0 Å². The monoisotopic (exact) mass is 308 g/mol. The Balaban J connectivity index is 1.97. The van der Waals surface area contributed by atoms with Crippen LogP contribution in [0.2, 0.25) is 0 Å². The van der Waals surface area contributed by atoms with E-state index in [-0.39, 0.29) is 0 Å². The van der Waals surface area contributed by atoms with E-state index in [2.05, 4.69) is 28.3 Å². The first kappa shape index (κ1) is 15.1. The zero-order chi connectivity index (χ0) is 16.2. The first-order valence-electron chi connectivity index (χ1n) is 7.67. The molecular weight excluding hydrogens is 288 g/mol. The molecule has 2 aromatic carbocycles. The van der Waals surface area contributed by atoms with E-state index < -0.39 is 0 Å². The average Bonchev–Trinajstić information content (AvgIpc) is 2.55. The highest BCUT2D eigenvalue weighted by Crippen LogP contribution is 2.27. The molecule has 3 aromatic rings. The minimum absolute atomic E-state index is 0.378. The first-order chi connectivity index (χ1) is 11.2. The minimum Gasteiger partial charge on any atom is -0.497 e. The van der Waals surface area contributed by atoms with Gasteiger partial charge in [-0.15, -0.1) is 0 Å². The SMILES string of the molecule is CCCc1cc(Nc2nc3ccccc3nc2N)cc(OC)c1. The Hall–Kier alpha value is -2.82. The molecule has 3 rings (SSSR count). The lowest BCUT2D eigenvalue weighted by Crippen LogP contribution is -2.03. The van der Waals surface area contributed by atoms with Gasteiger partial charge in [-0.2, -0.15) is 0 Å². The summed E-state index contributed by atoms with van der Waals surface area (Å²) in [5, 5.41) is 3.26. The molecule has 118 valence electrons. The van der Waals surface area contributed by atoms with Crippen molar-refractivity contribution in [1.29, 1.82) is 0 Å². The number of nitrogens with zero attached hydrogens (tertiary/aromatic N) is 2. The second kappa shape index (κ2) is 6.52. The number of fused-ring (bicyclic) bond motifs is 1. The maximum Gasteiger partial charge on any atom is 0.174 e. The Morgan fingerprint density at radius 2 is 1.83 bits per heavy atom. The Morgan fingerprint density at radius 3 is 2.52 bits per heavy atom. The molecule has 0 bridgehead atoms. The molecule has 0 saturated heterocycles. The van der Waals surface area contributed by atoms with Crippen molar-refractivity contribution in [3.05, 3.63) is 48.0 Å². The lowest BCUT2D eigenvalue weighted by Gasteiger charge is -2.12. The molecule has 0 unspecified atom stereocenters. The third kappa shape index (κ3) is 3.34. The van der Waals surface area contributed by atoms with Gasteiger partial charge >= 0.3 is 0 Å². The van der Waals surface area contributed by atoms with Crippen LogP contribution in [0.3, 0.4) is 0 Å². The largest absolute Gasteiger partial charge is 0.497 e. The maximum atomic E-state index is 6.03. The van der Waals surface area contributed by atoms with Gasteiger partial charge in [-0.05, 0) is 36.2 Å². The van der Waals surface area contributed by atoms with Gasteiger partial charge in [0.1, 0.15) is 5.75 Å². The van der Waals surface area contributed by atoms with Crippen LogP contribution in [-0.2, 0) is 6.42 Å². The quantitative estimate of drug-likeness (QED) is 0.747. The van der Waals surface area contributed by atoms with Gasteiger partial charge in [0.2, 0.25) is 0 Å². The van der Waals surface area contributed by atoms with Crippen LogP contribution in [0.25, 0.3) is 11.0 Å². The van der Waals surface area contributed by atoms with Gasteiger partial charge < -0.3 is 15.8 Å². The minimum atomic E-state index is 0.378. The molecule has 0 radical (unpaired) electrons. The highest BCUT2D eigenvalue weighted by Gasteiger charge is 2.08. The standard InChI is InChI=1S/C18H20N4O/c1-3-6-12-9-13(11-14(10-12)23-2)20-18-17(19)21-15-7-4-5-8-16(15)22-18/h4-5,7-11H,3,6H2,1-2H3,(H2,19,21)(H,20,22). The lowest BCUT2D eigenvalue weighted by atomic mass is 10.1. The lowest BCUT2D eigenvalue weighted by molar-refractivity contribution is 0.414. The summed E-state index contributed by atoms with van der Waals surface area (Å²) in [5.74, 6) is 1.74. The number of para-hydroxylation sites is 2. The number of aromatic nitrogens is 2. The van der Waals surface area contributed by atoms with Crippen LogP contribution in [0.5, 0.6) is 5.75 Å². The van der Waals surface area contributed by atoms with Crippen LogP contribution in [0, 0.1) is 0 Å². The third-order valence-electron chi connectivity index (χ3n) is 3.60. The number of ether oxygens (including phenoxy) is 1. The number of benzene rings is 2. The zero-order valence-electron chi connectivity index (χ0n) is 13.3. The molecule has 0 saturated carbocycles. The van der Waals surface area contributed by atoms with Gasteiger partial charge in [0.15, 0.2) is 11.6 Å². The Kier molecular flexibility index (Phi) is 4.28. The molecule has 3 N–H and O–H groups in total. The highest BCUT2D eigenvalue weighted by atomic mass is 16.5. The molecular formula is C18H20N4O. The first-order valence-corrected chi connectivity index (χ1v) is 7.67. The second-order valence-corrected chi connectivity index (χ2v) is 5.39. The molecule has 0 aliphatic heterocycles. The summed E-state index contributed by atoms with van der Waals surface area (Å²) in [6.45, 7) is 2.15. The number of hydrogen-bond acceptors (Lipinski definition) is 5. The van der Waals surface area contributed by atoms with E-state index in [0.717, 1.165) is 35.3 Å². The molecule has 5 heteroatoms. The van der Waals surface area contributed by atoms with Gasteiger partial charge in [0.05, 0.1) is 18.1 Å². The Labute approximate surface area is 135 Å². The van der Waals surface area contributed by atoms with Crippen molar-refractivity contribution in [1.82, 2.24) is 9.97 Å². The summed E-state index contributed by atoms with van der Waals surface area (Å²) in [6.07, 6.45) is 2.06. The van der Waals surface area contributed by atoms with Crippen LogP contribution in [0.1, 0.15) is 18.9 Å². The van der Waals surface area contributed by atoms with Crippen molar-refractivity contribution in [2.75, 3.05) is 18.2 Å². The molecule has 23 heavy (non-hydrogen) atoms. The Morgan fingerprint density at radius 1 is 1.09 bits per heavy atom. The second-order valence-electron chi connectivity index (χ2n) is 5.39. The number of anilines is 3. The van der Waals surface area contributed by atoms with Crippen LogP contribution < -0.4 is 15.8 Å². The fraction of sp³-hybridized carbons (Fsp3) is 0.222. The van der Waals surface area contributed by atoms with E-state index in [0.29, 0.717) is 11.6 Å². The summed E-state index contributed by atoms with van der Waals surface area (Å²) < 4.78 is 5.37. The van der Waals surface area contributed by atoms with E-state index in [9.17, 15) is 0 Å². The van der Waals surface area contributed by atoms with E-state index in [1.54, 1.807) is 7.11 Å². The maximum absolute atomic E-state index is 6.03. The third-order valence-corrected chi connectivity index (χ3v) is 3.60. The van der Waals surface area contributed by atoms with Crippen molar-refractivity contribution in [2.45, 2.75) is 19.8 Å². The van der Waals surface area contributed by atoms with Crippen LogP contribution >= 0.6 is 0 Å². The van der Waals surface area contributed by atoms with Crippen molar-refractivity contribution >= 4 is 28.4 Å². The summed E-state index contributed by atoms with van der Waals surface area (Å²) >= 11 is 0. The summed E-state index contributed by atoms with van der Waals surface area (Å²) in [4.78, 5) is 8.96. The number of rotatable bonds is 5. The number of methoxy groups -OCH3 is 1. The summed E-state index contributed by atoms with van der Waals surface area (Å²) in [6, 6.07) is 13.7. The highest BCUT2D eigenvalue weighted by molar-refractivity contribution is 5.81. The zero-order valence-corrected chi connectivity index (χ0v) is 13.3. The van der Waals surface area contributed by atoms with Gasteiger partial charge in [-0.3, -0.25) is 0 Å². The molecule has 0 spiro atoms. The molecule has 0 atom stereocenters. The molecule has 1 aromatic heterocycles. The normalized spacial score (nSPS) is 10.7. The van der Waals surface area contributed by atoms with Gasteiger partial charge in [-0.25, -0.2) is 9.97 Å². The molecule has 0 fully saturated rings. The predicted molar refractivity (Wildman–Crippen MR) is 94.2 cm³/mol. The van der Waals surface area contributed by atoms with Crippen LogP contribution in [0.4, 0.5) is 17.3 Å². The fourth-order valence-corrected chi connectivity index (χ4v) is 2.53. The van der Waals surface area contributed by atoms with Crippen LogP contribution in [-0.4, -0.2) is 17.1 Å². The van der Waals surface area contributed by atoms with Crippen molar-refractivity contribution in [3.8, 4) is 5.75 Å². The number of nitrogens with two attached hydrogens (primary N) is 1. The molecule has 0 aliphatic carbocycles. The number of nitrogens with one attached hydrogen (secondary N) is 1. The van der Waals surface area contributed by atoms with Gasteiger partial charge in [0.25, 0.3) is 0 Å². The van der Waals surface area contributed by atoms with Crippen molar-refractivity contribution in [3.63, 3.8) is 0 Å². The topological polar surface area (TPSA) is 73.1 Å².